The normalized spacial score (nSPS) is 37.1. The van der Waals surface area contributed by atoms with E-state index in [1.54, 1.807) is 0 Å². The molecule has 2 rings (SSSR count). The fraction of sp³-hybridized carbons (Fsp3) is 0.917. The average Bonchev–Trinajstić information content (AvgIpc) is 2.10. The first-order valence-electron chi connectivity index (χ1n) is 6.19. The lowest BCUT2D eigenvalue weighted by atomic mass is 9.74. The predicted octanol–water partition coefficient (Wildman–Crippen LogP) is 1.56. The Bertz CT molecular complexity index is 246. The Morgan fingerprint density at radius 3 is 2.53 bits per heavy atom. The maximum absolute atomic E-state index is 12.0. The van der Waals surface area contributed by atoms with E-state index in [4.69, 9.17) is 5.73 Å². The van der Waals surface area contributed by atoms with Gasteiger partial charge in [-0.1, -0.05) is 12.8 Å². The van der Waals surface area contributed by atoms with E-state index in [0.717, 1.165) is 32.1 Å². The SMILES string of the molecule is CC1(N)CCCCC1C(=O)NC1CCC1. The third-order valence-electron chi connectivity index (χ3n) is 4.02. The summed E-state index contributed by atoms with van der Waals surface area (Å²) in [5.41, 5.74) is 5.91. The van der Waals surface area contributed by atoms with Crippen LogP contribution in [0.3, 0.4) is 0 Å². The summed E-state index contributed by atoms with van der Waals surface area (Å²) in [6, 6.07) is 0.440. The number of amides is 1. The lowest BCUT2D eigenvalue weighted by Crippen LogP contribution is -2.55. The largest absolute Gasteiger partial charge is 0.353 e. The summed E-state index contributed by atoms with van der Waals surface area (Å²) in [7, 11) is 0. The highest BCUT2D eigenvalue weighted by Crippen LogP contribution is 2.32. The van der Waals surface area contributed by atoms with Gasteiger partial charge in [0, 0.05) is 11.6 Å². The molecule has 3 nitrogen and oxygen atoms in total. The third kappa shape index (κ3) is 2.33. The van der Waals surface area contributed by atoms with Crippen LogP contribution in [0.25, 0.3) is 0 Å². The van der Waals surface area contributed by atoms with Crippen LogP contribution in [0, 0.1) is 5.92 Å². The Kier molecular flexibility index (Phi) is 3.01. The highest BCUT2D eigenvalue weighted by atomic mass is 16.2. The minimum atomic E-state index is -0.286. The number of rotatable bonds is 2. The van der Waals surface area contributed by atoms with Gasteiger partial charge in [-0.15, -0.1) is 0 Å². The van der Waals surface area contributed by atoms with E-state index >= 15 is 0 Å². The van der Waals surface area contributed by atoms with Crippen molar-refractivity contribution in [3.63, 3.8) is 0 Å². The first kappa shape index (κ1) is 10.9. The molecule has 2 saturated carbocycles. The van der Waals surface area contributed by atoms with Crippen LogP contribution in [0.15, 0.2) is 0 Å². The molecule has 0 aliphatic heterocycles. The molecular formula is C12H22N2O. The molecule has 0 spiro atoms. The van der Waals surface area contributed by atoms with Gasteiger partial charge in [0.2, 0.25) is 5.91 Å². The van der Waals surface area contributed by atoms with Crippen LogP contribution in [0.2, 0.25) is 0 Å². The molecule has 2 aliphatic carbocycles. The summed E-state index contributed by atoms with van der Waals surface area (Å²) < 4.78 is 0. The van der Waals surface area contributed by atoms with Gasteiger partial charge in [-0.25, -0.2) is 0 Å². The molecule has 0 heterocycles. The summed E-state index contributed by atoms with van der Waals surface area (Å²) in [6.45, 7) is 2.02. The second-order valence-corrected chi connectivity index (χ2v) is 5.44. The van der Waals surface area contributed by atoms with Crippen LogP contribution >= 0.6 is 0 Å². The van der Waals surface area contributed by atoms with Gasteiger partial charge < -0.3 is 11.1 Å². The fourth-order valence-electron chi connectivity index (χ4n) is 2.64. The van der Waals surface area contributed by atoms with Crippen LogP contribution in [0.5, 0.6) is 0 Å². The Labute approximate surface area is 91.8 Å². The highest BCUT2D eigenvalue weighted by Gasteiger charge is 2.38. The quantitative estimate of drug-likeness (QED) is 0.726. The van der Waals surface area contributed by atoms with E-state index in [0.29, 0.717) is 6.04 Å². The summed E-state index contributed by atoms with van der Waals surface area (Å²) in [4.78, 5) is 12.0. The first-order valence-corrected chi connectivity index (χ1v) is 6.19. The van der Waals surface area contributed by atoms with Crippen molar-refractivity contribution in [3.8, 4) is 0 Å². The number of carbonyl (C=O) groups excluding carboxylic acids is 1. The van der Waals surface area contributed by atoms with E-state index in [2.05, 4.69) is 5.32 Å². The average molecular weight is 210 g/mol. The topological polar surface area (TPSA) is 55.1 Å². The van der Waals surface area contributed by atoms with Gasteiger partial charge in [0.1, 0.15) is 0 Å². The summed E-state index contributed by atoms with van der Waals surface area (Å²) in [5.74, 6) is 0.233. The molecular weight excluding hydrogens is 188 g/mol. The number of hydrogen-bond acceptors (Lipinski definition) is 2. The number of nitrogens with two attached hydrogens (primary N) is 1. The molecule has 2 fully saturated rings. The van der Waals surface area contributed by atoms with Crippen molar-refractivity contribution in [2.45, 2.75) is 63.5 Å². The molecule has 3 N–H and O–H groups in total. The van der Waals surface area contributed by atoms with Crippen molar-refractivity contribution in [2.24, 2.45) is 11.7 Å². The van der Waals surface area contributed by atoms with Gasteiger partial charge in [0.05, 0.1) is 5.92 Å². The Balaban J connectivity index is 1.91. The molecule has 0 aromatic rings. The van der Waals surface area contributed by atoms with E-state index in [9.17, 15) is 4.79 Å². The zero-order valence-electron chi connectivity index (χ0n) is 9.59. The molecule has 3 heteroatoms. The molecule has 1 amide bonds. The molecule has 2 unspecified atom stereocenters. The van der Waals surface area contributed by atoms with Crippen molar-refractivity contribution < 1.29 is 4.79 Å². The van der Waals surface area contributed by atoms with Crippen molar-refractivity contribution in [1.29, 1.82) is 0 Å². The molecule has 0 saturated heterocycles. The standard InChI is InChI=1S/C12H22N2O/c1-12(13)8-3-2-7-10(12)11(15)14-9-5-4-6-9/h9-10H,2-8,13H2,1H3,(H,14,15). The van der Waals surface area contributed by atoms with E-state index < -0.39 is 0 Å². The van der Waals surface area contributed by atoms with Crippen LogP contribution in [0.1, 0.15) is 51.9 Å². The second-order valence-electron chi connectivity index (χ2n) is 5.44. The molecule has 0 aromatic carbocycles. The molecule has 0 aromatic heterocycles. The maximum Gasteiger partial charge on any atom is 0.225 e. The van der Waals surface area contributed by atoms with Crippen molar-refractivity contribution in [1.82, 2.24) is 5.32 Å². The van der Waals surface area contributed by atoms with Crippen LogP contribution in [-0.4, -0.2) is 17.5 Å². The lowest BCUT2D eigenvalue weighted by molar-refractivity contribution is -0.129. The molecule has 15 heavy (non-hydrogen) atoms. The number of carbonyl (C=O) groups is 1. The van der Waals surface area contributed by atoms with Crippen molar-refractivity contribution in [2.75, 3.05) is 0 Å². The van der Waals surface area contributed by atoms with Gasteiger partial charge in [0.25, 0.3) is 0 Å². The smallest absolute Gasteiger partial charge is 0.225 e. The van der Waals surface area contributed by atoms with E-state index in [-0.39, 0.29) is 17.4 Å². The minimum Gasteiger partial charge on any atom is -0.353 e. The van der Waals surface area contributed by atoms with Gasteiger partial charge in [-0.3, -0.25) is 4.79 Å². The number of hydrogen-bond donors (Lipinski definition) is 2. The fourth-order valence-corrected chi connectivity index (χ4v) is 2.64. The van der Waals surface area contributed by atoms with Gasteiger partial charge in [-0.05, 0) is 39.0 Å². The Morgan fingerprint density at radius 2 is 2.00 bits per heavy atom. The van der Waals surface area contributed by atoms with Crippen molar-refractivity contribution >= 4 is 5.91 Å². The zero-order chi connectivity index (χ0) is 10.9. The van der Waals surface area contributed by atoms with Gasteiger partial charge in [0.15, 0.2) is 0 Å². The highest BCUT2D eigenvalue weighted by molar-refractivity contribution is 5.80. The van der Waals surface area contributed by atoms with Gasteiger partial charge >= 0.3 is 0 Å². The zero-order valence-corrected chi connectivity index (χ0v) is 9.59. The summed E-state index contributed by atoms with van der Waals surface area (Å²) in [6.07, 6.45) is 7.83. The second kappa shape index (κ2) is 4.12. The maximum atomic E-state index is 12.0. The van der Waals surface area contributed by atoms with Gasteiger partial charge in [-0.2, -0.15) is 0 Å². The van der Waals surface area contributed by atoms with E-state index in [1.165, 1.54) is 12.8 Å². The summed E-state index contributed by atoms with van der Waals surface area (Å²) >= 11 is 0. The Hall–Kier alpha value is -0.570. The molecule has 2 atom stereocenters. The van der Waals surface area contributed by atoms with Crippen LogP contribution < -0.4 is 11.1 Å². The molecule has 0 radical (unpaired) electrons. The minimum absolute atomic E-state index is 0.0341. The first-order chi connectivity index (χ1) is 7.09. The van der Waals surface area contributed by atoms with Crippen LogP contribution in [0.4, 0.5) is 0 Å². The van der Waals surface area contributed by atoms with Crippen LogP contribution in [-0.2, 0) is 4.79 Å². The lowest BCUT2D eigenvalue weighted by Gasteiger charge is -2.39. The Morgan fingerprint density at radius 1 is 1.27 bits per heavy atom. The number of nitrogens with one attached hydrogen (secondary N) is 1. The summed E-state index contributed by atoms with van der Waals surface area (Å²) in [5, 5.41) is 3.12. The molecule has 0 bridgehead atoms. The molecule has 2 aliphatic rings. The van der Waals surface area contributed by atoms with Crippen molar-refractivity contribution in [3.05, 3.63) is 0 Å². The third-order valence-corrected chi connectivity index (χ3v) is 4.02. The monoisotopic (exact) mass is 210 g/mol. The molecule has 86 valence electrons. The van der Waals surface area contributed by atoms with E-state index in [1.807, 2.05) is 6.92 Å². The predicted molar refractivity (Wildman–Crippen MR) is 60.3 cm³/mol.